The molecule has 2 aromatic rings. The van der Waals surface area contributed by atoms with Crippen LogP contribution >= 0.6 is 0 Å². The summed E-state index contributed by atoms with van der Waals surface area (Å²) in [5, 5.41) is 5.55. The Labute approximate surface area is 141 Å². The fraction of sp³-hybridized carbons (Fsp3) is 0.222. The molecule has 0 aromatic heterocycles. The van der Waals surface area contributed by atoms with Crippen molar-refractivity contribution in [1.29, 1.82) is 0 Å². The van der Waals surface area contributed by atoms with Crippen LogP contribution in [0.3, 0.4) is 0 Å². The number of carbonyl (C=O) groups excluding carboxylic acids is 2. The molecule has 0 spiro atoms. The van der Waals surface area contributed by atoms with Crippen LogP contribution in [0.15, 0.2) is 48.5 Å². The summed E-state index contributed by atoms with van der Waals surface area (Å²) in [6.07, 6.45) is 0.496. The Morgan fingerprint density at radius 1 is 1.04 bits per heavy atom. The van der Waals surface area contributed by atoms with Crippen molar-refractivity contribution >= 4 is 23.2 Å². The number of amides is 2. The quantitative estimate of drug-likeness (QED) is 0.726. The zero-order valence-corrected chi connectivity index (χ0v) is 13.5. The van der Waals surface area contributed by atoms with E-state index in [1.807, 2.05) is 30.3 Å². The molecule has 0 bridgehead atoms. The van der Waals surface area contributed by atoms with E-state index in [0.29, 0.717) is 17.1 Å². The highest BCUT2D eigenvalue weighted by molar-refractivity contribution is 5.96. The van der Waals surface area contributed by atoms with Gasteiger partial charge in [0.2, 0.25) is 11.8 Å². The van der Waals surface area contributed by atoms with Crippen LogP contribution in [0.1, 0.15) is 12.0 Å². The first kappa shape index (κ1) is 17.5. The normalized spacial score (nSPS) is 10.1. The smallest absolute Gasteiger partial charge is 0.228 e. The molecule has 4 N–H and O–H groups in total. The zero-order chi connectivity index (χ0) is 17.4. The summed E-state index contributed by atoms with van der Waals surface area (Å²) in [7, 11) is 1.52. The highest BCUT2D eigenvalue weighted by Crippen LogP contribution is 2.28. The van der Waals surface area contributed by atoms with Crippen LogP contribution in [0.4, 0.5) is 11.4 Å². The molecule has 0 aliphatic heterocycles. The average molecular weight is 327 g/mol. The van der Waals surface area contributed by atoms with Crippen molar-refractivity contribution in [3.8, 4) is 5.75 Å². The number of hydrogen-bond donors (Lipinski definition) is 3. The predicted octanol–water partition coefficient (Wildman–Crippen LogP) is 2.16. The fourth-order valence-corrected chi connectivity index (χ4v) is 2.21. The number of rotatable bonds is 7. The van der Waals surface area contributed by atoms with Gasteiger partial charge in [-0.3, -0.25) is 9.59 Å². The van der Waals surface area contributed by atoms with E-state index in [2.05, 4.69) is 10.6 Å². The molecule has 0 fully saturated rings. The number of benzene rings is 2. The van der Waals surface area contributed by atoms with E-state index in [-0.39, 0.29) is 31.2 Å². The second-order valence-electron chi connectivity index (χ2n) is 5.21. The minimum absolute atomic E-state index is 0.134. The molecule has 0 saturated heterocycles. The van der Waals surface area contributed by atoms with Crippen molar-refractivity contribution in [2.75, 3.05) is 24.3 Å². The van der Waals surface area contributed by atoms with Crippen LogP contribution in [0.5, 0.6) is 5.75 Å². The van der Waals surface area contributed by atoms with Crippen molar-refractivity contribution < 1.29 is 14.3 Å². The Bertz CT molecular complexity index is 702. The van der Waals surface area contributed by atoms with E-state index < -0.39 is 0 Å². The number of carbonyl (C=O) groups is 2. The molecule has 0 radical (unpaired) electrons. The second kappa shape index (κ2) is 8.69. The Kier molecular flexibility index (Phi) is 6.33. The maximum absolute atomic E-state index is 12.1. The molecule has 0 unspecified atom stereocenters. The van der Waals surface area contributed by atoms with Crippen LogP contribution in [0, 0.1) is 0 Å². The number of anilines is 2. The van der Waals surface area contributed by atoms with Gasteiger partial charge in [-0.15, -0.1) is 0 Å². The molecular formula is C18H21N3O3. The summed E-state index contributed by atoms with van der Waals surface area (Å²) in [4.78, 5) is 23.8. The van der Waals surface area contributed by atoms with Crippen LogP contribution in [-0.2, 0) is 16.0 Å². The lowest BCUT2D eigenvalue weighted by Gasteiger charge is -2.12. The van der Waals surface area contributed by atoms with Gasteiger partial charge in [-0.05, 0) is 23.8 Å². The third-order valence-corrected chi connectivity index (χ3v) is 3.34. The minimum atomic E-state index is -0.205. The van der Waals surface area contributed by atoms with E-state index in [4.69, 9.17) is 10.5 Å². The largest absolute Gasteiger partial charge is 0.495 e. The Morgan fingerprint density at radius 2 is 1.79 bits per heavy atom. The number of nitrogens with two attached hydrogens (primary N) is 1. The molecule has 2 aromatic carbocycles. The third kappa shape index (κ3) is 5.10. The second-order valence-corrected chi connectivity index (χ2v) is 5.21. The molecule has 6 nitrogen and oxygen atoms in total. The fourth-order valence-electron chi connectivity index (χ4n) is 2.21. The Hall–Kier alpha value is -2.86. The lowest BCUT2D eigenvalue weighted by molar-refractivity contribution is -0.116. The molecule has 6 heteroatoms. The summed E-state index contributed by atoms with van der Waals surface area (Å²) in [5.74, 6) is 0.176. The number of nitrogens with one attached hydrogen (secondary N) is 2. The molecule has 24 heavy (non-hydrogen) atoms. The van der Waals surface area contributed by atoms with Crippen LogP contribution in [-0.4, -0.2) is 25.5 Å². The van der Waals surface area contributed by atoms with Gasteiger partial charge in [0, 0.05) is 18.7 Å². The van der Waals surface area contributed by atoms with E-state index in [1.165, 1.54) is 7.11 Å². The maximum atomic E-state index is 12.1. The standard InChI is InChI=1S/C18H21N3O3/c1-24-16-8-7-14(12-15(16)21-17(22)9-10-19)20-18(23)11-13-5-3-2-4-6-13/h2-8,12H,9-11,19H2,1H3,(H,20,23)(H,21,22). The molecule has 0 aliphatic carbocycles. The molecule has 126 valence electrons. The van der Waals surface area contributed by atoms with E-state index >= 15 is 0 Å². The van der Waals surface area contributed by atoms with Crippen LogP contribution in [0.2, 0.25) is 0 Å². The molecule has 0 atom stereocenters. The van der Waals surface area contributed by atoms with Crippen molar-refractivity contribution in [3.05, 3.63) is 54.1 Å². The van der Waals surface area contributed by atoms with Gasteiger partial charge in [-0.25, -0.2) is 0 Å². The van der Waals surface area contributed by atoms with Gasteiger partial charge in [-0.1, -0.05) is 30.3 Å². The highest BCUT2D eigenvalue weighted by atomic mass is 16.5. The van der Waals surface area contributed by atoms with Gasteiger partial charge in [0.1, 0.15) is 5.75 Å². The van der Waals surface area contributed by atoms with Crippen molar-refractivity contribution in [3.63, 3.8) is 0 Å². The van der Waals surface area contributed by atoms with Gasteiger partial charge < -0.3 is 21.1 Å². The summed E-state index contributed by atoms with van der Waals surface area (Å²) in [6.45, 7) is 0.266. The van der Waals surface area contributed by atoms with Gasteiger partial charge in [0.05, 0.1) is 19.2 Å². The maximum Gasteiger partial charge on any atom is 0.228 e. The van der Waals surface area contributed by atoms with Crippen LogP contribution < -0.4 is 21.1 Å². The lowest BCUT2D eigenvalue weighted by atomic mass is 10.1. The van der Waals surface area contributed by atoms with Gasteiger partial charge >= 0.3 is 0 Å². The third-order valence-electron chi connectivity index (χ3n) is 3.34. The highest BCUT2D eigenvalue weighted by Gasteiger charge is 2.10. The minimum Gasteiger partial charge on any atom is -0.495 e. The molecular weight excluding hydrogens is 306 g/mol. The zero-order valence-electron chi connectivity index (χ0n) is 13.5. The summed E-state index contributed by atoms with van der Waals surface area (Å²) in [6, 6.07) is 14.5. The summed E-state index contributed by atoms with van der Waals surface area (Å²) >= 11 is 0. The molecule has 0 saturated carbocycles. The van der Waals surface area contributed by atoms with Gasteiger partial charge in [-0.2, -0.15) is 0 Å². The number of hydrogen-bond acceptors (Lipinski definition) is 4. The molecule has 0 aliphatic rings. The first-order valence-corrected chi connectivity index (χ1v) is 7.64. The first-order valence-electron chi connectivity index (χ1n) is 7.64. The van der Waals surface area contributed by atoms with Crippen molar-refractivity contribution in [2.45, 2.75) is 12.8 Å². The molecule has 2 rings (SSSR count). The topological polar surface area (TPSA) is 93.5 Å². The van der Waals surface area contributed by atoms with E-state index in [9.17, 15) is 9.59 Å². The van der Waals surface area contributed by atoms with Crippen molar-refractivity contribution in [2.24, 2.45) is 5.73 Å². The summed E-state index contributed by atoms with van der Waals surface area (Å²) < 4.78 is 5.22. The van der Waals surface area contributed by atoms with Crippen molar-refractivity contribution in [1.82, 2.24) is 0 Å². The van der Waals surface area contributed by atoms with Crippen LogP contribution in [0.25, 0.3) is 0 Å². The Morgan fingerprint density at radius 3 is 2.46 bits per heavy atom. The number of ether oxygens (including phenoxy) is 1. The predicted molar refractivity (Wildman–Crippen MR) is 94.1 cm³/mol. The number of methoxy groups -OCH3 is 1. The van der Waals surface area contributed by atoms with Gasteiger partial charge in [0.15, 0.2) is 0 Å². The summed E-state index contributed by atoms with van der Waals surface area (Å²) in [5.41, 5.74) is 7.38. The van der Waals surface area contributed by atoms with E-state index in [0.717, 1.165) is 5.56 Å². The average Bonchev–Trinajstić information content (AvgIpc) is 2.56. The lowest BCUT2D eigenvalue weighted by Crippen LogP contribution is -2.17. The monoisotopic (exact) mass is 327 g/mol. The van der Waals surface area contributed by atoms with E-state index in [1.54, 1.807) is 18.2 Å². The first-order chi connectivity index (χ1) is 11.6. The SMILES string of the molecule is COc1ccc(NC(=O)Cc2ccccc2)cc1NC(=O)CCN. The molecule has 2 amide bonds. The van der Waals surface area contributed by atoms with Gasteiger partial charge in [0.25, 0.3) is 0 Å². The molecule has 0 heterocycles. The Balaban J connectivity index is 2.07.